The fraction of sp³-hybridized carbons (Fsp3) is 0.235. The van der Waals surface area contributed by atoms with Crippen LogP contribution < -0.4 is 14.2 Å². The van der Waals surface area contributed by atoms with Crippen molar-refractivity contribution in [3.8, 4) is 17.2 Å². The van der Waals surface area contributed by atoms with Crippen molar-refractivity contribution in [1.82, 2.24) is 4.31 Å². The standard InChI is InChI=1S/C17H17NO6S/c1-22-14-9-12-13(15(23-2)16(14)24-3)10-18(17(12)19)25(20,21)11-7-5-4-6-8-11/h4-9H,10H2,1-3H3. The van der Waals surface area contributed by atoms with Crippen molar-refractivity contribution >= 4 is 15.9 Å². The summed E-state index contributed by atoms with van der Waals surface area (Å²) in [6, 6.07) is 9.28. The first-order valence-electron chi connectivity index (χ1n) is 7.39. The molecule has 2 aromatic rings. The SMILES string of the molecule is COc1cc2c(c(OC)c1OC)CN(S(=O)(=O)c1ccccc1)C2=O. The first kappa shape index (κ1) is 17.1. The molecular formula is C17H17NO6S. The number of methoxy groups -OCH3 is 3. The van der Waals surface area contributed by atoms with Gasteiger partial charge < -0.3 is 14.2 Å². The fourth-order valence-electron chi connectivity index (χ4n) is 2.83. The number of hydrogen-bond acceptors (Lipinski definition) is 6. The van der Waals surface area contributed by atoms with E-state index in [1.807, 2.05) is 0 Å². The Bertz CT molecular complexity index is 924. The molecule has 0 bridgehead atoms. The second-order valence-corrected chi connectivity index (χ2v) is 7.16. The van der Waals surface area contributed by atoms with Crippen molar-refractivity contribution in [2.75, 3.05) is 21.3 Å². The van der Waals surface area contributed by atoms with Gasteiger partial charge >= 0.3 is 0 Å². The van der Waals surface area contributed by atoms with Crippen LogP contribution in [0.15, 0.2) is 41.3 Å². The predicted molar refractivity (Wildman–Crippen MR) is 89.6 cm³/mol. The molecule has 0 N–H and O–H groups in total. The van der Waals surface area contributed by atoms with E-state index in [4.69, 9.17) is 14.2 Å². The Kier molecular flexibility index (Phi) is 4.30. The van der Waals surface area contributed by atoms with E-state index in [1.165, 1.54) is 39.5 Å². The number of sulfonamides is 1. The molecule has 3 rings (SSSR count). The largest absolute Gasteiger partial charge is 0.493 e. The topological polar surface area (TPSA) is 82.1 Å². The summed E-state index contributed by atoms with van der Waals surface area (Å²) >= 11 is 0. The van der Waals surface area contributed by atoms with E-state index in [9.17, 15) is 13.2 Å². The van der Waals surface area contributed by atoms with Crippen molar-refractivity contribution in [2.24, 2.45) is 0 Å². The number of ether oxygens (including phenoxy) is 3. The van der Waals surface area contributed by atoms with Gasteiger partial charge in [0.05, 0.1) is 38.3 Å². The molecule has 2 aromatic carbocycles. The highest BCUT2D eigenvalue weighted by Crippen LogP contribution is 2.45. The smallest absolute Gasteiger partial charge is 0.268 e. The lowest BCUT2D eigenvalue weighted by atomic mass is 10.1. The van der Waals surface area contributed by atoms with Crippen LogP contribution in [0, 0.1) is 0 Å². The van der Waals surface area contributed by atoms with Gasteiger partial charge in [-0.1, -0.05) is 18.2 Å². The van der Waals surface area contributed by atoms with Gasteiger partial charge in [0.25, 0.3) is 15.9 Å². The molecule has 0 saturated heterocycles. The highest BCUT2D eigenvalue weighted by molar-refractivity contribution is 7.89. The van der Waals surface area contributed by atoms with Crippen LogP contribution in [0.1, 0.15) is 15.9 Å². The minimum Gasteiger partial charge on any atom is -0.493 e. The molecule has 1 heterocycles. The zero-order valence-corrected chi connectivity index (χ0v) is 14.8. The van der Waals surface area contributed by atoms with Crippen LogP contribution in [0.3, 0.4) is 0 Å². The maximum absolute atomic E-state index is 12.8. The van der Waals surface area contributed by atoms with Crippen molar-refractivity contribution in [3.05, 3.63) is 47.5 Å². The first-order valence-corrected chi connectivity index (χ1v) is 8.83. The number of carbonyl (C=O) groups excluding carboxylic acids is 1. The van der Waals surface area contributed by atoms with Crippen LogP contribution in [-0.2, 0) is 16.6 Å². The molecular weight excluding hydrogens is 346 g/mol. The lowest BCUT2D eigenvalue weighted by molar-refractivity contribution is 0.0879. The molecule has 0 unspecified atom stereocenters. The maximum Gasteiger partial charge on any atom is 0.268 e. The minimum atomic E-state index is -3.97. The molecule has 25 heavy (non-hydrogen) atoms. The van der Waals surface area contributed by atoms with Gasteiger partial charge in [0.15, 0.2) is 11.5 Å². The monoisotopic (exact) mass is 363 g/mol. The summed E-state index contributed by atoms with van der Waals surface area (Å²) in [5, 5.41) is 0. The van der Waals surface area contributed by atoms with Gasteiger partial charge in [-0.15, -0.1) is 0 Å². The van der Waals surface area contributed by atoms with Gasteiger partial charge in [-0.3, -0.25) is 4.79 Å². The molecule has 0 saturated carbocycles. The Morgan fingerprint density at radius 2 is 1.60 bits per heavy atom. The summed E-state index contributed by atoms with van der Waals surface area (Å²) in [6.45, 7) is -0.130. The summed E-state index contributed by atoms with van der Waals surface area (Å²) in [4.78, 5) is 12.8. The van der Waals surface area contributed by atoms with Crippen LogP contribution in [0.5, 0.6) is 17.2 Å². The number of carbonyl (C=O) groups is 1. The molecule has 132 valence electrons. The van der Waals surface area contributed by atoms with E-state index >= 15 is 0 Å². The van der Waals surface area contributed by atoms with Gasteiger partial charge in [0, 0.05) is 5.56 Å². The van der Waals surface area contributed by atoms with E-state index < -0.39 is 15.9 Å². The highest BCUT2D eigenvalue weighted by Gasteiger charge is 2.40. The third-order valence-electron chi connectivity index (χ3n) is 4.02. The molecule has 1 aliphatic rings. The molecule has 0 atom stereocenters. The lowest BCUT2D eigenvalue weighted by Crippen LogP contribution is -2.31. The average molecular weight is 363 g/mol. The fourth-order valence-corrected chi connectivity index (χ4v) is 4.20. The second-order valence-electron chi connectivity index (χ2n) is 5.30. The van der Waals surface area contributed by atoms with E-state index in [1.54, 1.807) is 18.2 Å². The maximum atomic E-state index is 12.8. The molecule has 7 nitrogen and oxygen atoms in total. The number of fused-ring (bicyclic) bond motifs is 1. The zero-order chi connectivity index (χ0) is 18.2. The van der Waals surface area contributed by atoms with Crippen LogP contribution in [0.25, 0.3) is 0 Å². The average Bonchev–Trinajstić information content (AvgIpc) is 2.97. The number of rotatable bonds is 5. The van der Waals surface area contributed by atoms with Crippen molar-refractivity contribution < 1.29 is 27.4 Å². The molecule has 0 spiro atoms. The summed E-state index contributed by atoms with van der Waals surface area (Å²) < 4.78 is 42.4. The summed E-state index contributed by atoms with van der Waals surface area (Å²) in [7, 11) is 0.332. The summed E-state index contributed by atoms with van der Waals surface area (Å²) in [5.74, 6) is 0.273. The van der Waals surface area contributed by atoms with Crippen molar-refractivity contribution in [2.45, 2.75) is 11.4 Å². The quantitative estimate of drug-likeness (QED) is 0.809. The molecule has 8 heteroatoms. The van der Waals surface area contributed by atoms with Gasteiger partial charge in [-0.25, -0.2) is 12.7 Å². The normalized spacial score (nSPS) is 13.6. The minimum absolute atomic E-state index is 0.0500. The second kappa shape index (κ2) is 6.29. The summed E-state index contributed by atoms with van der Waals surface area (Å²) in [6.07, 6.45) is 0. The van der Waals surface area contributed by atoms with Gasteiger partial charge in [-0.05, 0) is 18.2 Å². The number of benzene rings is 2. The van der Waals surface area contributed by atoms with Crippen LogP contribution in [0.2, 0.25) is 0 Å². The molecule has 0 fully saturated rings. The molecule has 0 radical (unpaired) electrons. The Morgan fingerprint density at radius 3 is 2.16 bits per heavy atom. The molecule has 0 aromatic heterocycles. The Hall–Kier alpha value is -2.74. The Morgan fingerprint density at radius 1 is 0.960 bits per heavy atom. The Balaban J connectivity index is 2.13. The molecule has 0 aliphatic carbocycles. The van der Waals surface area contributed by atoms with Crippen LogP contribution >= 0.6 is 0 Å². The van der Waals surface area contributed by atoms with Gasteiger partial charge in [0.2, 0.25) is 5.75 Å². The van der Waals surface area contributed by atoms with E-state index in [0.717, 1.165) is 4.31 Å². The van der Waals surface area contributed by atoms with Gasteiger partial charge in [0.1, 0.15) is 0 Å². The van der Waals surface area contributed by atoms with Crippen LogP contribution in [0.4, 0.5) is 0 Å². The molecule has 1 amide bonds. The number of nitrogens with zero attached hydrogens (tertiary/aromatic N) is 1. The van der Waals surface area contributed by atoms with E-state index in [2.05, 4.69) is 0 Å². The van der Waals surface area contributed by atoms with Crippen molar-refractivity contribution in [1.29, 1.82) is 0 Å². The van der Waals surface area contributed by atoms with E-state index in [0.29, 0.717) is 17.1 Å². The van der Waals surface area contributed by atoms with Crippen molar-refractivity contribution in [3.63, 3.8) is 0 Å². The Labute approximate surface area is 145 Å². The highest BCUT2D eigenvalue weighted by atomic mass is 32.2. The zero-order valence-electron chi connectivity index (χ0n) is 14.0. The van der Waals surface area contributed by atoms with Gasteiger partial charge in [-0.2, -0.15) is 0 Å². The first-order chi connectivity index (χ1) is 12.0. The summed E-state index contributed by atoms with van der Waals surface area (Å²) in [5.41, 5.74) is 0.665. The predicted octanol–water partition coefficient (Wildman–Crippen LogP) is 2.06. The third kappa shape index (κ3) is 2.58. The molecule has 1 aliphatic heterocycles. The lowest BCUT2D eigenvalue weighted by Gasteiger charge is -2.16. The van der Waals surface area contributed by atoms with E-state index in [-0.39, 0.29) is 22.8 Å². The number of amides is 1. The van der Waals surface area contributed by atoms with Crippen LogP contribution in [-0.4, -0.2) is 40.0 Å². The number of hydrogen-bond donors (Lipinski definition) is 0. The third-order valence-corrected chi connectivity index (χ3v) is 5.77.